The predicted molar refractivity (Wildman–Crippen MR) is 126 cm³/mol. The summed E-state index contributed by atoms with van der Waals surface area (Å²) in [5.74, 6) is 0.798. The molecule has 2 aromatic carbocycles. The molecule has 0 aliphatic heterocycles. The zero-order chi connectivity index (χ0) is 23.1. The van der Waals surface area contributed by atoms with Crippen LogP contribution in [0.25, 0.3) is 0 Å². The Morgan fingerprint density at radius 1 is 1.12 bits per heavy atom. The Morgan fingerprint density at radius 3 is 2.50 bits per heavy atom. The van der Waals surface area contributed by atoms with E-state index in [1.807, 2.05) is 6.92 Å². The highest BCUT2D eigenvalue weighted by Crippen LogP contribution is 2.36. The summed E-state index contributed by atoms with van der Waals surface area (Å²) in [4.78, 5) is 12.4. The van der Waals surface area contributed by atoms with Crippen LogP contribution >= 0.6 is 22.9 Å². The van der Waals surface area contributed by atoms with Crippen molar-refractivity contribution in [3.63, 3.8) is 0 Å². The first kappa shape index (κ1) is 23.9. The first-order valence-corrected chi connectivity index (χ1v) is 12.5. The highest BCUT2D eigenvalue weighted by molar-refractivity contribution is 7.94. The van der Waals surface area contributed by atoms with Gasteiger partial charge in [0.15, 0.2) is 11.5 Å². The predicted octanol–water partition coefficient (Wildman–Crippen LogP) is 4.47. The Morgan fingerprint density at radius 2 is 1.88 bits per heavy atom. The lowest BCUT2D eigenvalue weighted by molar-refractivity contribution is -0.120. The second-order valence-corrected chi connectivity index (χ2v) is 9.99. The summed E-state index contributed by atoms with van der Waals surface area (Å²) >= 11 is 7.41. The van der Waals surface area contributed by atoms with Crippen LogP contribution in [0.2, 0.25) is 5.02 Å². The number of hydrogen-bond donors (Lipinski definition) is 2. The minimum absolute atomic E-state index is 0.153. The van der Waals surface area contributed by atoms with Gasteiger partial charge < -0.3 is 14.8 Å². The molecule has 0 aliphatic carbocycles. The minimum Gasteiger partial charge on any atom is -0.493 e. The molecule has 1 amide bonds. The first-order chi connectivity index (χ1) is 15.3. The smallest absolute Gasteiger partial charge is 0.271 e. The molecule has 0 bridgehead atoms. The van der Waals surface area contributed by atoms with Crippen LogP contribution in [0.1, 0.15) is 18.1 Å². The molecular formula is C22H23ClN2O5S2. The van der Waals surface area contributed by atoms with Crippen molar-refractivity contribution in [3.05, 3.63) is 70.1 Å². The van der Waals surface area contributed by atoms with E-state index in [2.05, 4.69) is 10.0 Å². The van der Waals surface area contributed by atoms with Crippen molar-refractivity contribution in [1.82, 2.24) is 5.32 Å². The number of methoxy groups -OCH3 is 1. The Labute approximate surface area is 196 Å². The van der Waals surface area contributed by atoms with E-state index in [0.717, 1.165) is 22.5 Å². The molecule has 2 N–H and O–H groups in total. The van der Waals surface area contributed by atoms with Crippen LogP contribution in [0.4, 0.5) is 5.69 Å². The number of hydrogen-bond acceptors (Lipinski definition) is 6. The number of nitrogens with one attached hydrogen (secondary N) is 2. The first-order valence-electron chi connectivity index (χ1n) is 9.73. The van der Waals surface area contributed by atoms with Gasteiger partial charge in [0.05, 0.1) is 25.2 Å². The molecule has 0 fully saturated rings. The maximum Gasteiger partial charge on any atom is 0.271 e. The van der Waals surface area contributed by atoms with Gasteiger partial charge in [0.25, 0.3) is 10.0 Å². The summed E-state index contributed by atoms with van der Waals surface area (Å²) in [7, 11) is -2.07. The fraction of sp³-hybridized carbons (Fsp3) is 0.227. The van der Waals surface area contributed by atoms with Crippen molar-refractivity contribution >= 4 is 44.6 Å². The van der Waals surface area contributed by atoms with Crippen molar-refractivity contribution in [3.8, 4) is 11.5 Å². The Hall–Kier alpha value is -2.75. The van der Waals surface area contributed by atoms with E-state index in [1.165, 1.54) is 7.11 Å². The van der Waals surface area contributed by atoms with Gasteiger partial charge in [-0.05, 0) is 53.8 Å². The van der Waals surface area contributed by atoms with Crippen LogP contribution < -0.4 is 19.5 Å². The molecule has 170 valence electrons. The maximum absolute atomic E-state index is 12.4. The summed E-state index contributed by atoms with van der Waals surface area (Å²) in [5.41, 5.74) is 1.96. The van der Waals surface area contributed by atoms with E-state index in [1.54, 1.807) is 53.9 Å². The number of rotatable bonds is 10. The molecule has 0 saturated carbocycles. The van der Waals surface area contributed by atoms with Gasteiger partial charge in [0.2, 0.25) is 5.91 Å². The molecule has 3 rings (SSSR count). The molecule has 3 aromatic rings. The van der Waals surface area contributed by atoms with Crippen LogP contribution in [0.15, 0.2) is 58.1 Å². The van der Waals surface area contributed by atoms with Gasteiger partial charge in [0.1, 0.15) is 4.21 Å². The number of thiophene rings is 1. The van der Waals surface area contributed by atoms with Crippen LogP contribution in [0.5, 0.6) is 11.5 Å². The highest BCUT2D eigenvalue weighted by atomic mass is 35.5. The molecular weight excluding hydrogens is 472 g/mol. The Balaban J connectivity index is 1.57. The quantitative estimate of drug-likeness (QED) is 0.433. The molecule has 7 nitrogen and oxygen atoms in total. The monoisotopic (exact) mass is 494 g/mol. The van der Waals surface area contributed by atoms with E-state index in [0.29, 0.717) is 28.8 Å². The summed E-state index contributed by atoms with van der Waals surface area (Å²) in [6.45, 7) is 2.59. The molecule has 0 unspecified atom stereocenters. The van der Waals surface area contributed by atoms with Gasteiger partial charge in [-0.25, -0.2) is 8.42 Å². The molecule has 0 atom stereocenters. The number of carbonyl (C=O) groups excluding carboxylic acids is 1. The Bertz CT molecular complexity index is 1160. The van der Waals surface area contributed by atoms with Gasteiger partial charge in [-0.3, -0.25) is 9.52 Å². The normalized spacial score (nSPS) is 11.1. The number of benzene rings is 2. The molecule has 10 heteroatoms. The number of halogens is 1. The van der Waals surface area contributed by atoms with Crippen LogP contribution in [-0.2, 0) is 27.8 Å². The van der Waals surface area contributed by atoms with Crippen molar-refractivity contribution in [2.45, 2.75) is 24.1 Å². The van der Waals surface area contributed by atoms with Crippen LogP contribution in [0, 0.1) is 0 Å². The SMILES string of the molecule is CCOc1c(Cl)cc(CNC(=O)Cc2ccc(NS(=O)(=O)c3cccs3)cc2)cc1OC. The zero-order valence-corrected chi connectivity index (χ0v) is 19.9. The van der Waals surface area contributed by atoms with Crippen LogP contribution in [-0.4, -0.2) is 28.0 Å². The van der Waals surface area contributed by atoms with Crippen molar-refractivity contribution < 1.29 is 22.7 Å². The third kappa shape index (κ3) is 6.15. The van der Waals surface area contributed by atoms with Gasteiger partial charge in [-0.2, -0.15) is 0 Å². The lowest BCUT2D eigenvalue weighted by atomic mass is 10.1. The van der Waals surface area contributed by atoms with E-state index in [-0.39, 0.29) is 23.1 Å². The third-order valence-corrected chi connectivity index (χ3v) is 7.46. The maximum atomic E-state index is 12.4. The summed E-state index contributed by atoms with van der Waals surface area (Å²) in [6.07, 6.45) is 0.153. The molecule has 0 spiro atoms. The average Bonchev–Trinajstić information content (AvgIpc) is 3.31. The van der Waals surface area contributed by atoms with Crippen LogP contribution in [0.3, 0.4) is 0 Å². The summed E-state index contributed by atoms with van der Waals surface area (Å²) in [5, 5.41) is 4.96. The second kappa shape index (κ2) is 10.7. The largest absolute Gasteiger partial charge is 0.493 e. The van der Waals surface area contributed by atoms with E-state index in [4.69, 9.17) is 21.1 Å². The fourth-order valence-electron chi connectivity index (χ4n) is 2.92. The van der Waals surface area contributed by atoms with Gasteiger partial charge in [0, 0.05) is 12.2 Å². The topological polar surface area (TPSA) is 93.7 Å². The zero-order valence-electron chi connectivity index (χ0n) is 17.6. The number of ether oxygens (including phenoxy) is 2. The molecule has 0 aliphatic rings. The number of sulfonamides is 1. The lowest BCUT2D eigenvalue weighted by Crippen LogP contribution is -2.24. The number of amides is 1. The Kier molecular flexibility index (Phi) is 8.00. The van der Waals surface area contributed by atoms with Gasteiger partial charge in [-0.1, -0.05) is 29.8 Å². The van der Waals surface area contributed by atoms with Gasteiger partial charge in [-0.15, -0.1) is 11.3 Å². The molecule has 32 heavy (non-hydrogen) atoms. The van der Waals surface area contributed by atoms with E-state index in [9.17, 15) is 13.2 Å². The van der Waals surface area contributed by atoms with Crippen molar-refractivity contribution in [1.29, 1.82) is 0 Å². The van der Waals surface area contributed by atoms with Crippen molar-refractivity contribution in [2.24, 2.45) is 0 Å². The second-order valence-electron chi connectivity index (χ2n) is 6.73. The standard InChI is InChI=1S/C22H23ClN2O5S2/c1-3-30-22-18(23)11-16(12-19(22)29-2)14-24-20(26)13-15-6-8-17(9-7-15)25-32(27,28)21-5-4-10-31-21/h4-12,25H,3,13-14H2,1-2H3,(H,24,26). The molecule has 1 aromatic heterocycles. The summed E-state index contributed by atoms with van der Waals surface area (Å²) < 4.78 is 38.1. The lowest BCUT2D eigenvalue weighted by Gasteiger charge is -2.13. The molecule has 0 radical (unpaired) electrons. The van der Waals surface area contributed by atoms with E-state index < -0.39 is 10.0 Å². The number of carbonyl (C=O) groups is 1. The molecule has 1 heterocycles. The highest BCUT2D eigenvalue weighted by Gasteiger charge is 2.15. The minimum atomic E-state index is -3.60. The number of anilines is 1. The summed E-state index contributed by atoms with van der Waals surface area (Å²) in [6, 6.07) is 13.4. The van der Waals surface area contributed by atoms with E-state index >= 15 is 0 Å². The van der Waals surface area contributed by atoms with Crippen molar-refractivity contribution in [2.75, 3.05) is 18.4 Å². The fourth-order valence-corrected chi connectivity index (χ4v) is 5.26. The third-order valence-electron chi connectivity index (χ3n) is 4.40. The molecule has 0 saturated heterocycles. The van der Waals surface area contributed by atoms with Gasteiger partial charge >= 0.3 is 0 Å². The average molecular weight is 495 g/mol.